The first-order chi connectivity index (χ1) is 26.7. The predicted molar refractivity (Wildman–Crippen MR) is 227 cm³/mol. The van der Waals surface area contributed by atoms with Crippen molar-refractivity contribution in [2.45, 2.75) is 66.5 Å². The second kappa shape index (κ2) is 15.8. The Labute approximate surface area is 342 Å². The Morgan fingerprint density at radius 3 is 1.71 bits per heavy atom. The van der Waals surface area contributed by atoms with E-state index < -0.39 is 12.1 Å². The maximum Gasteiger partial charge on any atom is 0.222 e. The number of aliphatic imine (C=N–C) groups is 2. The van der Waals surface area contributed by atoms with Crippen molar-refractivity contribution in [1.82, 2.24) is 25.4 Å². The van der Waals surface area contributed by atoms with Gasteiger partial charge < -0.3 is 10.6 Å². The fraction of sp³-hybridized carbons (Fsp3) is 0.300. The minimum Gasteiger partial charge on any atom is -0.354 e. The molecule has 0 aliphatic carbocycles. The van der Waals surface area contributed by atoms with Gasteiger partial charge in [0.05, 0.1) is 24.3 Å². The molecule has 2 atom stereocenters. The summed E-state index contributed by atoms with van der Waals surface area (Å²) in [5, 5.41) is 35.3. The molecule has 0 saturated heterocycles. The third-order valence-electron chi connectivity index (χ3n) is 9.99. The number of amidine groups is 2. The molecule has 5 aromatic rings. The van der Waals surface area contributed by atoms with Crippen LogP contribution in [-0.2, 0) is 9.59 Å². The lowest BCUT2D eigenvalue weighted by Crippen LogP contribution is -2.43. The number of halogens is 2. The summed E-state index contributed by atoms with van der Waals surface area (Å²) in [6.07, 6.45) is -0.109. The van der Waals surface area contributed by atoms with E-state index in [9.17, 15) is 9.59 Å². The van der Waals surface area contributed by atoms with Crippen molar-refractivity contribution in [2.75, 3.05) is 18.0 Å². The standard InChI is InChI=1S/C40H40Cl2N10O2S2/c1-19-21(3)55-39-33(19)35(25-7-11-27(41)12-8-25)47-29(37(44)51(39)23(5)43)17-31(53)45-15-16-46-32(54)18-30-38-50-49-24(6)52(38)40-34(20(2)22(4)56-40)36(48-30)26-9-13-28(42)14-10-26/h7-14,29-30,43-44H,15-18H2,1-6H3,(H,45,53)(H,46,54). The summed E-state index contributed by atoms with van der Waals surface area (Å²) in [5.41, 5.74) is 7.01. The zero-order valence-electron chi connectivity index (χ0n) is 31.7. The van der Waals surface area contributed by atoms with E-state index in [0.717, 1.165) is 58.8 Å². The minimum atomic E-state index is -0.866. The molecule has 0 fully saturated rings. The Hall–Kier alpha value is -5.02. The number of nitrogens with zero attached hydrogens (tertiary/aromatic N) is 6. The molecule has 0 spiro atoms. The highest BCUT2D eigenvalue weighted by Gasteiger charge is 2.35. The Kier molecular flexibility index (Phi) is 11.1. The molecule has 0 bridgehead atoms. The summed E-state index contributed by atoms with van der Waals surface area (Å²) < 4.78 is 2.00. The monoisotopic (exact) mass is 826 g/mol. The average Bonchev–Trinajstić information content (AvgIpc) is 3.71. The SMILES string of the molecule is CC(=N)N1C(=N)C(CC(=O)NCCNC(=O)CC2N=C(c3ccc(Cl)cc3)c3c(sc(C)c3C)-n3c(C)nnc32)N=C(c2ccc(Cl)cc2)c2c1sc(C)c2C. The van der Waals surface area contributed by atoms with Crippen LogP contribution in [0.4, 0.5) is 5.00 Å². The van der Waals surface area contributed by atoms with E-state index in [1.165, 1.54) is 11.3 Å². The van der Waals surface area contributed by atoms with E-state index in [1.54, 1.807) is 35.3 Å². The molecule has 56 heavy (non-hydrogen) atoms. The van der Waals surface area contributed by atoms with Crippen LogP contribution in [0.5, 0.6) is 0 Å². The van der Waals surface area contributed by atoms with E-state index >= 15 is 0 Å². The highest BCUT2D eigenvalue weighted by molar-refractivity contribution is 7.17. The molecule has 2 unspecified atom stereocenters. The number of fused-ring (bicyclic) bond motifs is 4. The second-order valence-corrected chi connectivity index (χ2v) is 17.1. The largest absolute Gasteiger partial charge is 0.354 e. The number of carbonyl (C=O) groups excluding carboxylic acids is 2. The fourth-order valence-electron chi connectivity index (χ4n) is 6.92. The number of hydrogen-bond donors (Lipinski definition) is 4. The summed E-state index contributed by atoms with van der Waals surface area (Å²) in [5.74, 6) is 0.883. The average molecular weight is 828 g/mol. The van der Waals surface area contributed by atoms with Crippen LogP contribution in [0.2, 0.25) is 10.0 Å². The highest BCUT2D eigenvalue weighted by atomic mass is 35.5. The van der Waals surface area contributed by atoms with E-state index in [0.29, 0.717) is 27.4 Å². The Balaban J connectivity index is 1.06. The molecule has 2 aromatic carbocycles. The number of benzene rings is 2. The molecule has 288 valence electrons. The molecule has 12 nitrogen and oxygen atoms in total. The molecule has 2 aliphatic heterocycles. The van der Waals surface area contributed by atoms with Gasteiger partial charge in [-0.05, 0) is 76.9 Å². The number of amides is 2. The number of hydrogen-bond acceptors (Lipinski definition) is 10. The molecule has 4 N–H and O–H groups in total. The lowest BCUT2D eigenvalue weighted by molar-refractivity contribution is -0.123. The van der Waals surface area contributed by atoms with Gasteiger partial charge in [-0.1, -0.05) is 47.5 Å². The highest BCUT2D eigenvalue weighted by Crippen LogP contribution is 2.41. The van der Waals surface area contributed by atoms with Crippen molar-refractivity contribution in [1.29, 1.82) is 10.8 Å². The van der Waals surface area contributed by atoms with Gasteiger partial charge in [-0.3, -0.25) is 39.9 Å². The number of thiophene rings is 2. The predicted octanol–water partition coefficient (Wildman–Crippen LogP) is 7.84. The van der Waals surface area contributed by atoms with Gasteiger partial charge >= 0.3 is 0 Å². The van der Waals surface area contributed by atoms with Crippen LogP contribution in [0.1, 0.15) is 80.6 Å². The molecule has 16 heteroatoms. The molecule has 0 radical (unpaired) electrons. The zero-order chi connectivity index (χ0) is 40.0. The van der Waals surface area contributed by atoms with Crippen molar-refractivity contribution in [3.63, 3.8) is 0 Å². The van der Waals surface area contributed by atoms with E-state index in [4.69, 9.17) is 44.0 Å². The molecular weight excluding hydrogens is 788 g/mol. The van der Waals surface area contributed by atoms with Crippen molar-refractivity contribution >= 4 is 85.8 Å². The second-order valence-electron chi connectivity index (χ2n) is 13.8. The van der Waals surface area contributed by atoms with E-state index in [1.807, 2.05) is 61.7 Å². The van der Waals surface area contributed by atoms with Crippen LogP contribution in [0.15, 0.2) is 58.5 Å². The first kappa shape index (κ1) is 39.2. The van der Waals surface area contributed by atoms with Crippen molar-refractivity contribution in [2.24, 2.45) is 9.98 Å². The topological polar surface area (TPSA) is 165 Å². The van der Waals surface area contributed by atoms with Gasteiger partial charge in [0.1, 0.15) is 39.6 Å². The minimum absolute atomic E-state index is 0.0133. The van der Waals surface area contributed by atoms with Crippen LogP contribution < -0.4 is 15.5 Å². The van der Waals surface area contributed by atoms with Gasteiger partial charge in [0.15, 0.2) is 5.82 Å². The van der Waals surface area contributed by atoms with Crippen molar-refractivity contribution in [3.05, 3.63) is 113 Å². The van der Waals surface area contributed by atoms with Gasteiger partial charge in [0.25, 0.3) is 0 Å². The lowest BCUT2D eigenvalue weighted by Gasteiger charge is -2.24. The number of carbonyl (C=O) groups is 2. The van der Waals surface area contributed by atoms with Crippen LogP contribution in [0.25, 0.3) is 5.00 Å². The molecule has 2 aliphatic rings. The Morgan fingerprint density at radius 1 is 0.732 bits per heavy atom. The van der Waals surface area contributed by atoms with Gasteiger partial charge in [-0.15, -0.1) is 32.9 Å². The van der Waals surface area contributed by atoms with Crippen LogP contribution in [0, 0.1) is 45.4 Å². The van der Waals surface area contributed by atoms with Gasteiger partial charge in [0.2, 0.25) is 11.8 Å². The Morgan fingerprint density at radius 2 is 1.20 bits per heavy atom. The fourth-order valence-corrected chi connectivity index (χ4v) is 9.61. The van der Waals surface area contributed by atoms with Crippen molar-refractivity contribution < 1.29 is 9.59 Å². The van der Waals surface area contributed by atoms with Crippen LogP contribution in [0.3, 0.4) is 0 Å². The maximum atomic E-state index is 13.5. The summed E-state index contributed by atoms with van der Waals surface area (Å²) >= 11 is 15.6. The smallest absolute Gasteiger partial charge is 0.222 e. The lowest BCUT2D eigenvalue weighted by atomic mass is 9.99. The third kappa shape index (κ3) is 7.46. The number of aromatic nitrogens is 3. The molecule has 2 amide bonds. The van der Waals surface area contributed by atoms with E-state index in [2.05, 4.69) is 34.7 Å². The first-order valence-corrected chi connectivity index (χ1v) is 20.4. The summed E-state index contributed by atoms with van der Waals surface area (Å²) in [6.45, 7) is 12.0. The Bertz CT molecular complexity index is 2460. The maximum absolute atomic E-state index is 13.5. The summed E-state index contributed by atoms with van der Waals surface area (Å²) in [7, 11) is 0. The number of rotatable bonds is 9. The number of nitrogens with one attached hydrogen (secondary N) is 4. The molecule has 0 saturated carbocycles. The van der Waals surface area contributed by atoms with Gasteiger partial charge in [0, 0.05) is 55.1 Å². The molecule has 3 aromatic heterocycles. The third-order valence-corrected chi connectivity index (χ3v) is 12.9. The van der Waals surface area contributed by atoms with Crippen LogP contribution >= 0.6 is 45.9 Å². The quantitative estimate of drug-likeness (QED) is 0.0675. The van der Waals surface area contributed by atoms with Gasteiger partial charge in [-0.2, -0.15) is 0 Å². The normalized spacial score (nSPS) is 16.2. The number of aryl methyl sites for hydroxylation is 3. The van der Waals surface area contributed by atoms with E-state index in [-0.39, 0.29) is 49.4 Å². The van der Waals surface area contributed by atoms with Gasteiger partial charge in [-0.25, -0.2) is 0 Å². The zero-order valence-corrected chi connectivity index (χ0v) is 34.8. The molecule has 7 rings (SSSR count). The number of anilines is 1. The molecule has 5 heterocycles. The first-order valence-electron chi connectivity index (χ1n) is 18.0. The van der Waals surface area contributed by atoms with Crippen LogP contribution in [-0.4, -0.2) is 68.8 Å². The van der Waals surface area contributed by atoms with Crippen molar-refractivity contribution in [3.8, 4) is 5.00 Å². The summed E-state index contributed by atoms with van der Waals surface area (Å²) in [6, 6.07) is 13.4. The summed E-state index contributed by atoms with van der Waals surface area (Å²) in [4.78, 5) is 40.8. The molecular formula is C40H40Cl2N10O2S2.